The molecular weight excluding hydrogens is 290 g/mol. The summed E-state index contributed by atoms with van der Waals surface area (Å²) in [7, 11) is 1.93. The number of nitrogens with zero attached hydrogens (tertiary/aromatic N) is 1. The Morgan fingerprint density at radius 1 is 1.48 bits per heavy atom. The first-order chi connectivity index (χ1) is 9.76. The molecule has 118 valence electrons. The number of hydrogen-bond donors (Lipinski definition) is 3. The number of rotatable bonds is 7. The Morgan fingerprint density at radius 2 is 2.14 bits per heavy atom. The van der Waals surface area contributed by atoms with Crippen molar-refractivity contribution in [2.24, 2.45) is 0 Å². The minimum atomic E-state index is -0.284. The van der Waals surface area contributed by atoms with Crippen LogP contribution in [0.5, 0.6) is 0 Å². The molecule has 0 spiro atoms. The smallest absolute Gasteiger partial charge is 0.224 e. The van der Waals surface area contributed by atoms with Gasteiger partial charge in [0, 0.05) is 17.0 Å². The number of amides is 1. The Kier molecular flexibility index (Phi) is 6.45. The van der Waals surface area contributed by atoms with Crippen LogP contribution in [0.1, 0.15) is 26.7 Å². The zero-order valence-electron chi connectivity index (χ0n) is 12.8. The van der Waals surface area contributed by atoms with E-state index in [4.69, 9.17) is 17.3 Å². The van der Waals surface area contributed by atoms with Crippen molar-refractivity contribution >= 4 is 28.9 Å². The van der Waals surface area contributed by atoms with Gasteiger partial charge in [0.25, 0.3) is 0 Å². The average Bonchev–Trinajstić information content (AvgIpc) is 2.42. The topological polar surface area (TPSA) is 78.6 Å². The van der Waals surface area contributed by atoms with Crippen LogP contribution in [-0.2, 0) is 4.79 Å². The van der Waals surface area contributed by atoms with Gasteiger partial charge in [0.05, 0.1) is 18.0 Å². The van der Waals surface area contributed by atoms with Gasteiger partial charge in [0.1, 0.15) is 0 Å². The molecule has 0 aliphatic carbocycles. The molecule has 0 aromatic heterocycles. The molecule has 0 bridgehead atoms. The first-order valence-corrected chi connectivity index (χ1v) is 7.31. The van der Waals surface area contributed by atoms with Gasteiger partial charge in [-0.3, -0.25) is 9.69 Å². The highest BCUT2D eigenvalue weighted by Crippen LogP contribution is 2.23. The number of likely N-dealkylation sites (N-methyl/N-ethyl adjacent to an activating group) is 1. The third-order valence-corrected chi connectivity index (χ3v) is 3.84. The number of benzene rings is 1. The fourth-order valence-corrected chi connectivity index (χ4v) is 1.92. The van der Waals surface area contributed by atoms with Gasteiger partial charge < -0.3 is 16.2 Å². The van der Waals surface area contributed by atoms with Crippen LogP contribution in [0.2, 0.25) is 5.02 Å². The van der Waals surface area contributed by atoms with Crippen molar-refractivity contribution < 1.29 is 9.90 Å². The lowest BCUT2D eigenvalue weighted by atomic mass is 10.0. The molecule has 0 saturated heterocycles. The molecule has 1 amide bonds. The number of carbonyl (C=O) groups is 1. The second-order valence-corrected chi connectivity index (χ2v) is 6.21. The third-order valence-electron chi connectivity index (χ3n) is 3.61. The van der Waals surface area contributed by atoms with Gasteiger partial charge in [-0.1, -0.05) is 11.6 Å². The van der Waals surface area contributed by atoms with Crippen LogP contribution in [0.4, 0.5) is 11.4 Å². The fraction of sp³-hybridized carbons (Fsp3) is 0.533. The Bertz CT molecular complexity index is 492. The van der Waals surface area contributed by atoms with E-state index in [1.54, 1.807) is 18.2 Å². The number of aliphatic hydroxyl groups is 1. The van der Waals surface area contributed by atoms with Crippen molar-refractivity contribution in [3.63, 3.8) is 0 Å². The summed E-state index contributed by atoms with van der Waals surface area (Å²) in [4.78, 5) is 13.9. The van der Waals surface area contributed by atoms with Crippen molar-refractivity contribution in [2.75, 3.05) is 31.2 Å². The van der Waals surface area contributed by atoms with E-state index in [2.05, 4.69) is 5.32 Å². The Hall–Kier alpha value is -1.30. The van der Waals surface area contributed by atoms with Crippen LogP contribution in [-0.4, -0.2) is 41.7 Å². The van der Waals surface area contributed by atoms with Crippen LogP contribution < -0.4 is 11.1 Å². The number of nitrogens with one attached hydrogen (secondary N) is 1. The standard InChI is InChI=1S/C15H24ClN3O2/c1-15(2,10-20)19(3)8-4-5-14(21)18-13-9-11(16)6-7-12(13)17/h6-7,9,20H,4-5,8,10,17H2,1-3H3,(H,18,21). The highest BCUT2D eigenvalue weighted by molar-refractivity contribution is 6.31. The van der Waals surface area contributed by atoms with Crippen LogP contribution in [0.15, 0.2) is 18.2 Å². The molecule has 0 unspecified atom stereocenters. The maximum atomic E-state index is 11.9. The summed E-state index contributed by atoms with van der Waals surface area (Å²) < 4.78 is 0. The minimum Gasteiger partial charge on any atom is -0.397 e. The van der Waals surface area contributed by atoms with Gasteiger partial charge in [0.15, 0.2) is 0 Å². The highest BCUT2D eigenvalue weighted by Gasteiger charge is 2.21. The van der Waals surface area contributed by atoms with E-state index >= 15 is 0 Å². The molecule has 1 aromatic carbocycles. The molecule has 0 aliphatic heterocycles. The molecule has 1 rings (SSSR count). The van der Waals surface area contributed by atoms with Crippen molar-refractivity contribution in [1.29, 1.82) is 0 Å². The maximum Gasteiger partial charge on any atom is 0.224 e. The lowest BCUT2D eigenvalue weighted by Gasteiger charge is -2.33. The molecule has 4 N–H and O–H groups in total. The largest absolute Gasteiger partial charge is 0.397 e. The number of nitrogens with two attached hydrogens (primary N) is 1. The lowest BCUT2D eigenvalue weighted by Crippen LogP contribution is -2.44. The first kappa shape index (κ1) is 17.8. The molecule has 0 saturated carbocycles. The molecule has 0 fully saturated rings. The normalized spacial score (nSPS) is 11.7. The summed E-state index contributed by atoms with van der Waals surface area (Å²) in [6.45, 7) is 4.72. The summed E-state index contributed by atoms with van der Waals surface area (Å²) in [6, 6.07) is 4.98. The monoisotopic (exact) mass is 313 g/mol. The second-order valence-electron chi connectivity index (χ2n) is 5.78. The van der Waals surface area contributed by atoms with Crippen molar-refractivity contribution in [2.45, 2.75) is 32.2 Å². The van der Waals surface area contributed by atoms with Gasteiger partial charge in [-0.15, -0.1) is 0 Å². The van der Waals surface area contributed by atoms with Crippen LogP contribution >= 0.6 is 11.6 Å². The summed E-state index contributed by atoms with van der Waals surface area (Å²) in [5, 5.41) is 12.6. The van der Waals surface area contributed by atoms with Crippen LogP contribution in [0, 0.1) is 0 Å². The number of halogens is 1. The predicted octanol–water partition coefficient (Wildman–Crippen LogP) is 2.34. The maximum absolute atomic E-state index is 11.9. The molecule has 5 nitrogen and oxygen atoms in total. The highest BCUT2D eigenvalue weighted by atomic mass is 35.5. The summed E-state index contributed by atoms with van der Waals surface area (Å²) >= 11 is 5.88. The Morgan fingerprint density at radius 3 is 2.76 bits per heavy atom. The van der Waals surface area contributed by atoms with Crippen molar-refractivity contribution in [3.8, 4) is 0 Å². The number of nitrogen functional groups attached to an aromatic ring is 1. The van der Waals surface area contributed by atoms with Crippen molar-refractivity contribution in [1.82, 2.24) is 4.90 Å². The molecule has 1 aromatic rings. The molecule has 21 heavy (non-hydrogen) atoms. The number of hydrogen-bond acceptors (Lipinski definition) is 4. The van der Waals surface area contributed by atoms with Gasteiger partial charge in [-0.05, 0) is 52.1 Å². The summed E-state index contributed by atoms with van der Waals surface area (Å²) in [5.41, 5.74) is 6.53. The SMILES string of the molecule is CN(CCCC(=O)Nc1cc(Cl)ccc1N)C(C)(C)CO. The fourth-order valence-electron chi connectivity index (χ4n) is 1.75. The van der Waals surface area contributed by atoms with Crippen LogP contribution in [0.3, 0.4) is 0 Å². The van der Waals surface area contributed by atoms with E-state index in [-0.39, 0.29) is 18.1 Å². The van der Waals surface area contributed by atoms with E-state index in [1.165, 1.54) is 0 Å². The van der Waals surface area contributed by atoms with Gasteiger partial charge in [0.2, 0.25) is 5.91 Å². The predicted molar refractivity (Wildman–Crippen MR) is 87.5 cm³/mol. The van der Waals surface area contributed by atoms with Gasteiger partial charge in [-0.2, -0.15) is 0 Å². The average molecular weight is 314 g/mol. The molecule has 0 aliphatic rings. The van der Waals surface area contributed by atoms with Gasteiger partial charge in [-0.25, -0.2) is 0 Å². The Balaban J connectivity index is 2.43. The van der Waals surface area contributed by atoms with E-state index in [9.17, 15) is 9.90 Å². The molecular formula is C15H24ClN3O2. The molecule has 0 atom stereocenters. The van der Waals surface area contributed by atoms with Gasteiger partial charge >= 0.3 is 0 Å². The molecule has 6 heteroatoms. The Labute approximate surface area is 131 Å². The molecule has 0 radical (unpaired) electrons. The molecule has 0 heterocycles. The van der Waals surface area contributed by atoms with Crippen LogP contribution in [0.25, 0.3) is 0 Å². The zero-order valence-corrected chi connectivity index (χ0v) is 13.6. The lowest BCUT2D eigenvalue weighted by molar-refractivity contribution is -0.116. The first-order valence-electron chi connectivity index (χ1n) is 6.93. The van der Waals surface area contributed by atoms with Crippen molar-refractivity contribution in [3.05, 3.63) is 23.2 Å². The summed E-state index contributed by atoms with van der Waals surface area (Å²) in [5.74, 6) is -0.0980. The van der Waals surface area contributed by atoms with E-state index in [1.807, 2.05) is 25.8 Å². The number of aliphatic hydroxyl groups excluding tert-OH is 1. The van der Waals surface area contributed by atoms with E-state index in [0.717, 1.165) is 6.54 Å². The third kappa shape index (κ3) is 5.53. The second kappa shape index (κ2) is 7.64. The summed E-state index contributed by atoms with van der Waals surface area (Å²) in [6.07, 6.45) is 1.09. The van der Waals surface area contributed by atoms with E-state index in [0.29, 0.717) is 29.2 Å². The number of carbonyl (C=O) groups excluding carboxylic acids is 1. The van der Waals surface area contributed by atoms with E-state index < -0.39 is 0 Å². The quantitative estimate of drug-likeness (QED) is 0.675. The number of anilines is 2. The minimum absolute atomic E-state index is 0.0781. The zero-order chi connectivity index (χ0) is 16.0.